The molecule has 0 saturated heterocycles. The fourth-order valence-corrected chi connectivity index (χ4v) is 2.50. The van der Waals surface area contributed by atoms with Crippen molar-refractivity contribution in [1.82, 2.24) is 15.5 Å². The van der Waals surface area contributed by atoms with Crippen molar-refractivity contribution in [3.63, 3.8) is 0 Å². The van der Waals surface area contributed by atoms with E-state index in [9.17, 15) is 9.18 Å². The number of carbonyl (C=O) groups is 1. The molecule has 6 nitrogen and oxygen atoms in total. The van der Waals surface area contributed by atoms with E-state index < -0.39 is 0 Å². The highest BCUT2D eigenvalue weighted by atomic mass is 19.1. The third kappa shape index (κ3) is 4.30. The van der Waals surface area contributed by atoms with Crippen LogP contribution in [0.2, 0.25) is 0 Å². The molecule has 0 saturated carbocycles. The normalized spacial score (nSPS) is 13.4. The van der Waals surface area contributed by atoms with Gasteiger partial charge < -0.3 is 10.6 Å². The number of nitrogens with one attached hydrogen (secondary N) is 2. The van der Waals surface area contributed by atoms with Crippen molar-refractivity contribution in [3.8, 4) is 0 Å². The van der Waals surface area contributed by atoms with E-state index in [0.29, 0.717) is 18.9 Å². The van der Waals surface area contributed by atoms with Crippen molar-refractivity contribution in [3.05, 3.63) is 65.2 Å². The molecule has 134 valence electrons. The minimum Gasteiger partial charge on any atom is -0.368 e. The Bertz CT molecular complexity index is 841. The second-order valence-corrected chi connectivity index (χ2v) is 6.68. The smallest absolute Gasteiger partial charge is 0.275 e. The van der Waals surface area contributed by atoms with Gasteiger partial charge in [-0.25, -0.2) is 4.39 Å². The van der Waals surface area contributed by atoms with Gasteiger partial charge in [0, 0.05) is 23.9 Å². The molecule has 0 bridgehead atoms. The summed E-state index contributed by atoms with van der Waals surface area (Å²) >= 11 is 0. The summed E-state index contributed by atoms with van der Waals surface area (Å²) in [6, 6.07) is 9.79. The predicted molar refractivity (Wildman–Crippen MR) is 98.9 cm³/mol. The number of hydrogen-bond acceptors (Lipinski definition) is 5. The van der Waals surface area contributed by atoms with Crippen molar-refractivity contribution in [1.29, 1.82) is 0 Å². The van der Waals surface area contributed by atoms with E-state index >= 15 is 0 Å². The highest BCUT2D eigenvalue weighted by Gasteiger charge is 2.21. The van der Waals surface area contributed by atoms with Crippen LogP contribution in [-0.4, -0.2) is 35.4 Å². The molecule has 7 heteroatoms. The molecule has 1 aliphatic heterocycles. The van der Waals surface area contributed by atoms with Crippen LogP contribution < -0.4 is 10.6 Å². The van der Waals surface area contributed by atoms with Gasteiger partial charge in [0.05, 0.1) is 6.54 Å². The molecule has 2 heterocycles. The first-order chi connectivity index (χ1) is 12.4. The maximum absolute atomic E-state index is 13.1. The van der Waals surface area contributed by atoms with Crippen LogP contribution in [0.25, 0.3) is 0 Å². The Balaban J connectivity index is 1.58. The van der Waals surface area contributed by atoms with Crippen LogP contribution in [0.15, 0.2) is 53.2 Å². The van der Waals surface area contributed by atoms with E-state index in [4.69, 9.17) is 0 Å². The standard InChI is InChI=1S/C19H20FN5O/c1-19(2,13-3-5-14(20)6-4-13)12-22-17-8-7-16(24-25-17)18(26)23-15-9-10-21-11-15/h3-10H,11-12H2,1-2H3,(H,22,25)(H,23,26). The Morgan fingerprint density at radius 3 is 2.54 bits per heavy atom. The molecule has 0 fully saturated rings. The van der Waals surface area contributed by atoms with Crippen molar-refractivity contribution >= 4 is 17.9 Å². The van der Waals surface area contributed by atoms with Crippen molar-refractivity contribution in [2.45, 2.75) is 19.3 Å². The number of aliphatic imine (C=N–C) groups is 1. The molecular weight excluding hydrogens is 333 g/mol. The minimum absolute atomic E-state index is 0.222. The summed E-state index contributed by atoms with van der Waals surface area (Å²) < 4.78 is 13.1. The summed E-state index contributed by atoms with van der Waals surface area (Å²) in [6.07, 6.45) is 3.40. The molecule has 1 aromatic heterocycles. The summed E-state index contributed by atoms with van der Waals surface area (Å²) in [4.78, 5) is 16.1. The third-order valence-electron chi connectivity index (χ3n) is 4.15. The number of benzene rings is 1. The van der Waals surface area contributed by atoms with Gasteiger partial charge in [-0.1, -0.05) is 26.0 Å². The molecule has 0 radical (unpaired) electrons. The number of nitrogens with zero attached hydrogens (tertiary/aromatic N) is 3. The second kappa shape index (κ2) is 7.43. The van der Waals surface area contributed by atoms with Gasteiger partial charge in [-0.2, -0.15) is 0 Å². The number of aromatic nitrogens is 2. The van der Waals surface area contributed by atoms with Crippen LogP contribution in [0.5, 0.6) is 0 Å². The van der Waals surface area contributed by atoms with Crippen LogP contribution in [0, 0.1) is 5.82 Å². The lowest BCUT2D eigenvalue weighted by Gasteiger charge is -2.25. The Morgan fingerprint density at radius 1 is 1.15 bits per heavy atom. The summed E-state index contributed by atoms with van der Waals surface area (Å²) in [6.45, 7) is 5.17. The molecule has 0 atom stereocenters. The SMILES string of the molecule is CC(C)(CNc1ccc(C(=O)NC2=CC=NC2)nn1)c1ccc(F)cc1. The molecule has 1 amide bonds. The summed E-state index contributed by atoms with van der Waals surface area (Å²) in [7, 11) is 0. The van der Waals surface area contributed by atoms with Gasteiger partial charge in [0.15, 0.2) is 5.69 Å². The maximum atomic E-state index is 13.1. The molecule has 26 heavy (non-hydrogen) atoms. The topological polar surface area (TPSA) is 79.3 Å². The Labute approximate surface area is 151 Å². The Hall–Kier alpha value is -3.09. The van der Waals surface area contributed by atoms with Gasteiger partial charge in [0.1, 0.15) is 11.6 Å². The number of rotatable bonds is 6. The van der Waals surface area contributed by atoms with E-state index in [0.717, 1.165) is 11.3 Å². The van der Waals surface area contributed by atoms with E-state index in [-0.39, 0.29) is 22.8 Å². The predicted octanol–water partition coefficient (Wildman–Crippen LogP) is 2.70. The summed E-state index contributed by atoms with van der Waals surface area (Å²) in [5, 5.41) is 14.0. The molecule has 1 aliphatic rings. The Kier molecular flexibility index (Phi) is 5.06. The molecular formula is C19H20FN5O. The third-order valence-corrected chi connectivity index (χ3v) is 4.15. The van der Waals surface area contributed by atoms with Gasteiger partial charge in [-0.05, 0) is 35.9 Å². The van der Waals surface area contributed by atoms with Crippen LogP contribution in [0.1, 0.15) is 29.9 Å². The van der Waals surface area contributed by atoms with Gasteiger partial charge in [0.25, 0.3) is 5.91 Å². The van der Waals surface area contributed by atoms with Crippen LogP contribution in [-0.2, 0) is 5.41 Å². The average Bonchev–Trinajstić information content (AvgIpc) is 3.14. The zero-order valence-corrected chi connectivity index (χ0v) is 14.7. The first-order valence-corrected chi connectivity index (χ1v) is 8.28. The second-order valence-electron chi connectivity index (χ2n) is 6.68. The summed E-state index contributed by atoms with van der Waals surface area (Å²) in [5.41, 5.74) is 1.77. The highest BCUT2D eigenvalue weighted by molar-refractivity contribution is 5.94. The largest absolute Gasteiger partial charge is 0.368 e. The first kappa shape index (κ1) is 17.7. The minimum atomic E-state index is -0.313. The molecule has 0 aliphatic carbocycles. The van der Waals surface area contributed by atoms with Gasteiger partial charge >= 0.3 is 0 Å². The lowest BCUT2D eigenvalue weighted by atomic mass is 9.84. The van der Waals surface area contributed by atoms with Crippen LogP contribution >= 0.6 is 0 Å². The molecule has 3 rings (SSSR count). The Morgan fingerprint density at radius 2 is 1.92 bits per heavy atom. The summed E-state index contributed by atoms with van der Waals surface area (Å²) in [5.74, 6) is 0.00441. The fraction of sp³-hybridized carbons (Fsp3) is 0.263. The fourth-order valence-electron chi connectivity index (χ4n) is 2.50. The lowest BCUT2D eigenvalue weighted by Crippen LogP contribution is -2.28. The molecule has 0 unspecified atom stereocenters. The van der Waals surface area contributed by atoms with E-state index in [1.165, 1.54) is 12.1 Å². The van der Waals surface area contributed by atoms with E-state index in [1.807, 2.05) is 0 Å². The number of hydrogen-bond donors (Lipinski definition) is 2. The zero-order valence-electron chi connectivity index (χ0n) is 14.7. The van der Waals surface area contributed by atoms with Crippen molar-refractivity contribution < 1.29 is 9.18 Å². The van der Waals surface area contributed by atoms with Crippen LogP contribution in [0.3, 0.4) is 0 Å². The monoisotopic (exact) mass is 353 g/mol. The molecule has 2 N–H and O–H groups in total. The first-order valence-electron chi connectivity index (χ1n) is 8.28. The molecule has 0 spiro atoms. The molecule has 2 aromatic rings. The maximum Gasteiger partial charge on any atom is 0.275 e. The zero-order chi connectivity index (χ0) is 18.6. The number of allylic oxidation sites excluding steroid dienone is 1. The number of anilines is 1. The van der Waals surface area contributed by atoms with Crippen molar-refractivity contribution in [2.75, 3.05) is 18.4 Å². The van der Waals surface area contributed by atoms with E-state index in [2.05, 4.69) is 39.7 Å². The van der Waals surface area contributed by atoms with Crippen molar-refractivity contribution in [2.24, 2.45) is 4.99 Å². The highest BCUT2D eigenvalue weighted by Crippen LogP contribution is 2.23. The number of carbonyl (C=O) groups excluding carboxylic acids is 1. The number of amides is 1. The van der Waals surface area contributed by atoms with E-state index in [1.54, 1.807) is 36.6 Å². The quantitative estimate of drug-likeness (QED) is 0.837. The molecule has 1 aromatic carbocycles. The van der Waals surface area contributed by atoms with Gasteiger partial charge in [-0.15, -0.1) is 10.2 Å². The number of halogens is 1. The van der Waals surface area contributed by atoms with Gasteiger partial charge in [-0.3, -0.25) is 9.79 Å². The van der Waals surface area contributed by atoms with Gasteiger partial charge in [0.2, 0.25) is 0 Å². The van der Waals surface area contributed by atoms with Crippen LogP contribution in [0.4, 0.5) is 10.2 Å². The lowest BCUT2D eigenvalue weighted by molar-refractivity contribution is 0.0960. The average molecular weight is 353 g/mol.